The van der Waals surface area contributed by atoms with E-state index in [9.17, 15) is 9.90 Å². The fourth-order valence-electron chi connectivity index (χ4n) is 2.89. The Kier molecular flexibility index (Phi) is 4.40. The molecule has 0 bridgehead atoms. The normalized spacial score (nSPS) is 38.7. The Balaban J connectivity index is 1.78. The number of aliphatic hydroxyl groups is 1. The first-order valence-electron chi connectivity index (χ1n) is 6.88. The van der Waals surface area contributed by atoms with Gasteiger partial charge in [0.25, 0.3) is 0 Å². The number of amides is 1. The van der Waals surface area contributed by atoms with Crippen molar-refractivity contribution in [3.63, 3.8) is 0 Å². The van der Waals surface area contributed by atoms with Gasteiger partial charge in [-0.25, -0.2) is 0 Å². The van der Waals surface area contributed by atoms with Gasteiger partial charge in [-0.05, 0) is 44.6 Å². The average molecular weight is 240 g/mol. The quantitative estimate of drug-likeness (QED) is 0.669. The minimum atomic E-state index is -0.184. The number of aliphatic hydroxyl groups excluding tert-OH is 1. The molecule has 1 saturated heterocycles. The Labute approximate surface area is 103 Å². The Morgan fingerprint density at radius 3 is 2.76 bits per heavy atom. The van der Waals surface area contributed by atoms with E-state index in [1.54, 1.807) is 0 Å². The summed E-state index contributed by atoms with van der Waals surface area (Å²) in [4.78, 5) is 12.0. The minimum absolute atomic E-state index is 0.00547. The Bertz CT molecular complexity index is 264. The summed E-state index contributed by atoms with van der Waals surface area (Å²) in [6.07, 6.45) is 5.71. The third-order valence-corrected chi connectivity index (χ3v) is 4.10. The molecule has 1 aliphatic carbocycles. The van der Waals surface area contributed by atoms with E-state index in [4.69, 9.17) is 0 Å². The average Bonchev–Trinajstić information content (AvgIpc) is 2.35. The molecule has 0 aromatic rings. The largest absolute Gasteiger partial charge is 0.393 e. The Morgan fingerprint density at radius 2 is 2.12 bits per heavy atom. The molecule has 1 aliphatic heterocycles. The highest BCUT2D eigenvalue weighted by molar-refractivity contribution is 5.82. The zero-order valence-corrected chi connectivity index (χ0v) is 10.6. The van der Waals surface area contributed by atoms with Crippen molar-refractivity contribution < 1.29 is 9.90 Å². The second-order valence-corrected chi connectivity index (χ2v) is 5.57. The molecule has 1 heterocycles. The lowest BCUT2D eigenvalue weighted by Gasteiger charge is -2.33. The van der Waals surface area contributed by atoms with Crippen LogP contribution in [0.2, 0.25) is 0 Å². The molecule has 0 radical (unpaired) electrons. The second kappa shape index (κ2) is 5.83. The molecule has 98 valence electrons. The first-order chi connectivity index (χ1) is 8.16. The van der Waals surface area contributed by atoms with Crippen LogP contribution < -0.4 is 10.6 Å². The van der Waals surface area contributed by atoms with Crippen LogP contribution in [0, 0.1) is 5.92 Å². The van der Waals surface area contributed by atoms with Gasteiger partial charge in [-0.1, -0.05) is 13.3 Å². The number of piperidine rings is 1. The molecule has 1 saturated carbocycles. The molecule has 4 heteroatoms. The molecule has 4 nitrogen and oxygen atoms in total. The molecule has 0 spiro atoms. The van der Waals surface area contributed by atoms with Crippen LogP contribution in [0.15, 0.2) is 0 Å². The van der Waals surface area contributed by atoms with Crippen molar-refractivity contribution in [2.24, 2.45) is 5.92 Å². The van der Waals surface area contributed by atoms with Crippen molar-refractivity contribution in [2.45, 2.75) is 63.6 Å². The summed E-state index contributed by atoms with van der Waals surface area (Å²) < 4.78 is 0. The summed E-state index contributed by atoms with van der Waals surface area (Å²) in [5.74, 6) is 0.451. The van der Waals surface area contributed by atoms with E-state index in [2.05, 4.69) is 17.6 Å². The number of nitrogens with one attached hydrogen (secondary N) is 2. The van der Waals surface area contributed by atoms with E-state index in [0.29, 0.717) is 5.92 Å². The van der Waals surface area contributed by atoms with E-state index in [1.165, 1.54) is 6.42 Å². The highest BCUT2D eigenvalue weighted by atomic mass is 16.3. The zero-order valence-electron chi connectivity index (χ0n) is 10.6. The second-order valence-electron chi connectivity index (χ2n) is 5.57. The first kappa shape index (κ1) is 12.8. The van der Waals surface area contributed by atoms with Crippen LogP contribution in [-0.4, -0.2) is 35.7 Å². The summed E-state index contributed by atoms with van der Waals surface area (Å²) in [5, 5.41) is 16.0. The fourth-order valence-corrected chi connectivity index (χ4v) is 2.89. The monoisotopic (exact) mass is 240 g/mol. The van der Waals surface area contributed by atoms with Crippen LogP contribution in [0.3, 0.4) is 0 Å². The van der Waals surface area contributed by atoms with Crippen LogP contribution in [0.4, 0.5) is 0 Å². The van der Waals surface area contributed by atoms with Gasteiger partial charge in [0.15, 0.2) is 0 Å². The standard InChI is InChI=1S/C13H24N2O2/c1-9-8-10(5-6-12(9)16)15-13(17)11-4-2-3-7-14-11/h9-12,14,16H,2-8H2,1H3,(H,15,17). The van der Waals surface area contributed by atoms with Crippen LogP contribution >= 0.6 is 0 Å². The van der Waals surface area contributed by atoms with Gasteiger partial charge in [-0.15, -0.1) is 0 Å². The van der Waals surface area contributed by atoms with Crippen molar-refractivity contribution >= 4 is 5.91 Å². The first-order valence-corrected chi connectivity index (χ1v) is 6.88. The molecule has 4 atom stereocenters. The van der Waals surface area contributed by atoms with Crippen molar-refractivity contribution in [3.8, 4) is 0 Å². The lowest BCUT2D eigenvalue weighted by atomic mass is 9.84. The maximum atomic E-state index is 12.0. The lowest BCUT2D eigenvalue weighted by Crippen LogP contribution is -2.51. The summed E-state index contributed by atoms with van der Waals surface area (Å²) >= 11 is 0. The highest BCUT2D eigenvalue weighted by Crippen LogP contribution is 2.24. The van der Waals surface area contributed by atoms with Gasteiger partial charge in [-0.2, -0.15) is 0 Å². The Hall–Kier alpha value is -0.610. The van der Waals surface area contributed by atoms with Crippen molar-refractivity contribution in [3.05, 3.63) is 0 Å². The lowest BCUT2D eigenvalue weighted by molar-refractivity contribution is -0.125. The number of carbonyl (C=O) groups is 1. The van der Waals surface area contributed by atoms with Gasteiger partial charge in [0.2, 0.25) is 5.91 Å². The SMILES string of the molecule is CC1CC(NC(=O)C2CCCCN2)CCC1O. The van der Waals surface area contributed by atoms with E-state index >= 15 is 0 Å². The molecule has 17 heavy (non-hydrogen) atoms. The van der Waals surface area contributed by atoms with E-state index in [1.807, 2.05) is 0 Å². The van der Waals surface area contributed by atoms with Crippen molar-refractivity contribution in [1.82, 2.24) is 10.6 Å². The van der Waals surface area contributed by atoms with E-state index in [0.717, 1.165) is 38.6 Å². The number of hydrogen-bond donors (Lipinski definition) is 3. The molecule has 4 unspecified atom stereocenters. The molecule has 2 fully saturated rings. The zero-order chi connectivity index (χ0) is 12.3. The molecule has 0 aromatic carbocycles. The molecule has 1 amide bonds. The summed E-state index contributed by atoms with van der Waals surface area (Å²) in [6, 6.07) is 0.260. The van der Waals surface area contributed by atoms with Crippen LogP contribution in [0.5, 0.6) is 0 Å². The smallest absolute Gasteiger partial charge is 0.237 e. The van der Waals surface area contributed by atoms with E-state index < -0.39 is 0 Å². The summed E-state index contributed by atoms with van der Waals surface area (Å²) in [7, 11) is 0. The molecular formula is C13H24N2O2. The predicted octanol–water partition coefficient (Wildman–Crippen LogP) is 0.794. The van der Waals surface area contributed by atoms with Gasteiger partial charge < -0.3 is 15.7 Å². The number of hydrogen-bond acceptors (Lipinski definition) is 3. The molecule has 2 aliphatic rings. The van der Waals surface area contributed by atoms with Gasteiger partial charge in [0.05, 0.1) is 12.1 Å². The third kappa shape index (κ3) is 3.42. The van der Waals surface area contributed by atoms with Crippen molar-refractivity contribution in [2.75, 3.05) is 6.54 Å². The van der Waals surface area contributed by atoms with Gasteiger partial charge >= 0.3 is 0 Å². The van der Waals surface area contributed by atoms with Crippen LogP contribution in [0.25, 0.3) is 0 Å². The van der Waals surface area contributed by atoms with Gasteiger partial charge in [-0.3, -0.25) is 4.79 Å². The summed E-state index contributed by atoms with van der Waals surface area (Å²) in [6.45, 7) is 3.01. The maximum Gasteiger partial charge on any atom is 0.237 e. The van der Waals surface area contributed by atoms with Gasteiger partial charge in [0.1, 0.15) is 0 Å². The van der Waals surface area contributed by atoms with Crippen LogP contribution in [-0.2, 0) is 4.79 Å². The summed E-state index contributed by atoms with van der Waals surface area (Å²) in [5.41, 5.74) is 0. The predicted molar refractivity (Wildman–Crippen MR) is 66.6 cm³/mol. The van der Waals surface area contributed by atoms with Crippen LogP contribution in [0.1, 0.15) is 45.4 Å². The highest BCUT2D eigenvalue weighted by Gasteiger charge is 2.29. The molecular weight excluding hydrogens is 216 g/mol. The number of rotatable bonds is 2. The third-order valence-electron chi connectivity index (χ3n) is 4.10. The minimum Gasteiger partial charge on any atom is -0.393 e. The van der Waals surface area contributed by atoms with Gasteiger partial charge in [0, 0.05) is 6.04 Å². The molecule has 2 rings (SSSR count). The maximum absolute atomic E-state index is 12.0. The number of carbonyl (C=O) groups excluding carboxylic acids is 1. The van der Waals surface area contributed by atoms with Crippen molar-refractivity contribution in [1.29, 1.82) is 0 Å². The fraction of sp³-hybridized carbons (Fsp3) is 0.923. The Morgan fingerprint density at radius 1 is 1.29 bits per heavy atom. The topological polar surface area (TPSA) is 61.4 Å². The molecule has 3 N–H and O–H groups in total. The molecule has 0 aromatic heterocycles. The van der Waals surface area contributed by atoms with E-state index in [-0.39, 0.29) is 24.1 Å².